The van der Waals surface area contributed by atoms with E-state index in [0.29, 0.717) is 25.9 Å². The van der Waals surface area contributed by atoms with Crippen LogP contribution in [0, 0.1) is 10.1 Å². The number of nitrogens with zero attached hydrogens (tertiary/aromatic N) is 3. The second kappa shape index (κ2) is 9.41. The average molecular weight is 449 g/mol. The van der Waals surface area contributed by atoms with Crippen LogP contribution in [-0.2, 0) is 14.3 Å². The van der Waals surface area contributed by atoms with Gasteiger partial charge in [-0.15, -0.1) is 0 Å². The van der Waals surface area contributed by atoms with Crippen LogP contribution in [0.2, 0.25) is 0 Å². The van der Waals surface area contributed by atoms with Crippen molar-refractivity contribution in [3.63, 3.8) is 0 Å². The van der Waals surface area contributed by atoms with Gasteiger partial charge in [0.05, 0.1) is 17.9 Å². The van der Waals surface area contributed by atoms with E-state index in [4.69, 9.17) is 14.2 Å². The number of amides is 2. The Morgan fingerprint density at radius 3 is 2.31 bits per heavy atom. The van der Waals surface area contributed by atoms with E-state index < -0.39 is 22.8 Å². The lowest BCUT2D eigenvalue weighted by atomic mass is 10.0. The number of benzene rings is 1. The maximum atomic E-state index is 12.5. The number of likely N-dealkylation sites (tertiary alicyclic amines) is 2. The summed E-state index contributed by atoms with van der Waals surface area (Å²) in [5.74, 6) is -0.00912. The van der Waals surface area contributed by atoms with Crippen LogP contribution in [0.3, 0.4) is 0 Å². The van der Waals surface area contributed by atoms with Gasteiger partial charge < -0.3 is 24.0 Å². The van der Waals surface area contributed by atoms with Gasteiger partial charge in [0.1, 0.15) is 17.5 Å². The van der Waals surface area contributed by atoms with Gasteiger partial charge >= 0.3 is 12.2 Å². The van der Waals surface area contributed by atoms with Gasteiger partial charge in [-0.1, -0.05) is 0 Å². The van der Waals surface area contributed by atoms with E-state index in [1.54, 1.807) is 9.80 Å². The number of carbonyl (C=O) groups is 3. The Balaban J connectivity index is 1.46. The molecule has 11 heteroatoms. The standard InChI is InChI=1S/C21H27N3O8/c1-21(2,3)32-19(26)22-10-8-14(9-11-22)23-13-17(12-18(23)25)31-20(27)30-16-6-4-15(5-7-16)24(28)29/h4-7,14,17H,8-13H2,1-3H3/t17-/m0/s1. The van der Waals surface area contributed by atoms with E-state index in [1.165, 1.54) is 24.3 Å². The van der Waals surface area contributed by atoms with Crippen molar-refractivity contribution in [3.8, 4) is 5.75 Å². The predicted octanol–water partition coefficient (Wildman–Crippen LogP) is 3.11. The molecule has 1 atom stereocenters. The monoisotopic (exact) mass is 449 g/mol. The molecule has 2 fully saturated rings. The predicted molar refractivity (Wildman–Crippen MR) is 111 cm³/mol. The van der Waals surface area contributed by atoms with Crippen molar-refractivity contribution in [1.29, 1.82) is 0 Å². The molecular formula is C21H27N3O8. The molecule has 2 saturated heterocycles. The Kier molecular flexibility index (Phi) is 6.85. The van der Waals surface area contributed by atoms with Gasteiger partial charge in [0.25, 0.3) is 5.69 Å². The Morgan fingerprint density at radius 1 is 1.12 bits per heavy atom. The zero-order valence-electron chi connectivity index (χ0n) is 18.3. The van der Waals surface area contributed by atoms with Gasteiger partial charge in [-0.05, 0) is 45.7 Å². The zero-order chi connectivity index (χ0) is 23.5. The number of piperidine rings is 1. The minimum absolute atomic E-state index is 0.0412. The molecule has 0 radical (unpaired) electrons. The molecule has 0 unspecified atom stereocenters. The molecule has 0 spiro atoms. The number of ether oxygens (including phenoxy) is 3. The molecule has 2 aliphatic rings. The van der Waals surface area contributed by atoms with E-state index in [0.717, 1.165) is 0 Å². The SMILES string of the molecule is CC(C)(C)OC(=O)N1CCC(N2C[C@@H](OC(=O)Oc3ccc([N+](=O)[O-])cc3)CC2=O)CC1. The summed E-state index contributed by atoms with van der Waals surface area (Å²) in [6.07, 6.45) is -0.688. The van der Waals surface area contributed by atoms with Gasteiger partial charge in [0.15, 0.2) is 0 Å². The van der Waals surface area contributed by atoms with Crippen LogP contribution in [0.4, 0.5) is 15.3 Å². The second-order valence-electron chi connectivity index (χ2n) is 8.79. The summed E-state index contributed by atoms with van der Waals surface area (Å²) >= 11 is 0. The zero-order valence-corrected chi connectivity index (χ0v) is 18.3. The van der Waals surface area contributed by atoms with Crippen LogP contribution in [-0.4, -0.2) is 70.3 Å². The molecule has 1 aromatic carbocycles. The van der Waals surface area contributed by atoms with Crippen LogP contribution in [0.15, 0.2) is 24.3 Å². The number of rotatable bonds is 4. The molecule has 0 aliphatic carbocycles. The van der Waals surface area contributed by atoms with Crippen molar-refractivity contribution < 1.29 is 33.5 Å². The molecule has 1 aromatic rings. The Labute approximate surface area is 185 Å². The van der Waals surface area contributed by atoms with Gasteiger partial charge in [-0.25, -0.2) is 9.59 Å². The fourth-order valence-electron chi connectivity index (χ4n) is 3.71. The average Bonchev–Trinajstić information content (AvgIpc) is 3.07. The second-order valence-corrected chi connectivity index (χ2v) is 8.79. The van der Waals surface area contributed by atoms with Crippen molar-refractivity contribution in [2.75, 3.05) is 19.6 Å². The topological polar surface area (TPSA) is 129 Å². The summed E-state index contributed by atoms with van der Waals surface area (Å²) in [4.78, 5) is 50.1. The van der Waals surface area contributed by atoms with E-state index in [-0.39, 0.29) is 42.4 Å². The number of hydrogen-bond acceptors (Lipinski definition) is 8. The van der Waals surface area contributed by atoms with Crippen molar-refractivity contribution in [1.82, 2.24) is 9.80 Å². The van der Waals surface area contributed by atoms with Gasteiger partial charge in [-0.2, -0.15) is 0 Å². The normalized spacial score (nSPS) is 19.6. The lowest BCUT2D eigenvalue weighted by Gasteiger charge is -2.37. The first-order valence-corrected chi connectivity index (χ1v) is 10.4. The number of hydrogen-bond donors (Lipinski definition) is 0. The first-order valence-electron chi connectivity index (χ1n) is 10.4. The molecule has 11 nitrogen and oxygen atoms in total. The number of non-ortho nitro benzene ring substituents is 1. The molecule has 3 rings (SSSR count). The smallest absolute Gasteiger partial charge is 0.444 e. The fourth-order valence-corrected chi connectivity index (χ4v) is 3.71. The summed E-state index contributed by atoms with van der Waals surface area (Å²) in [6, 6.07) is 4.98. The molecular weight excluding hydrogens is 422 g/mol. The summed E-state index contributed by atoms with van der Waals surface area (Å²) < 4.78 is 15.7. The molecule has 0 saturated carbocycles. The van der Waals surface area contributed by atoms with Crippen molar-refractivity contribution in [3.05, 3.63) is 34.4 Å². The third-order valence-corrected chi connectivity index (χ3v) is 5.19. The summed E-state index contributed by atoms with van der Waals surface area (Å²) in [5.41, 5.74) is -0.688. The maximum absolute atomic E-state index is 12.5. The summed E-state index contributed by atoms with van der Waals surface area (Å²) in [7, 11) is 0. The van der Waals surface area contributed by atoms with Crippen LogP contribution in [0.1, 0.15) is 40.0 Å². The van der Waals surface area contributed by atoms with Crippen LogP contribution >= 0.6 is 0 Å². The van der Waals surface area contributed by atoms with E-state index >= 15 is 0 Å². The molecule has 174 valence electrons. The molecule has 0 aromatic heterocycles. The van der Waals surface area contributed by atoms with Gasteiger partial charge in [0, 0.05) is 31.3 Å². The molecule has 2 amide bonds. The highest BCUT2D eigenvalue weighted by Gasteiger charge is 2.39. The largest absolute Gasteiger partial charge is 0.514 e. The van der Waals surface area contributed by atoms with Crippen LogP contribution in [0.25, 0.3) is 0 Å². The van der Waals surface area contributed by atoms with Crippen molar-refractivity contribution in [2.45, 2.75) is 57.8 Å². The number of carbonyl (C=O) groups excluding carboxylic acids is 3. The van der Waals surface area contributed by atoms with E-state index in [1.807, 2.05) is 20.8 Å². The fraction of sp³-hybridized carbons (Fsp3) is 0.571. The lowest BCUT2D eigenvalue weighted by molar-refractivity contribution is -0.384. The Morgan fingerprint density at radius 2 is 1.75 bits per heavy atom. The first-order chi connectivity index (χ1) is 15.0. The maximum Gasteiger partial charge on any atom is 0.514 e. The molecule has 32 heavy (non-hydrogen) atoms. The van der Waals surface area contributed by atoms with Crippen molar-refractivity contribution in [2.24, 2.45) is 0 Å². The lowest BCUT2D eigenvalue weighted by Crippen LogP contribution is -2.48. The number of nitro benzene ring substituents is 1. The van der Waals surface area contributed by atoms with E-state index in [9.17, 15) is 24.5 Å². The highest BCUT2D eigenvalue weighted by atomic mass is 16.7. The summed E-state index contributed by atoms with van der Waals surface area (Å²) in [5, 5.41) is 10.7. The van der Waals surface area contributed by atoms with Gasteiger partial charge in [-0.3, -0.25) is 14.9 Å². The van der Waals surface area contributed by atoms with Gasteiger partial charge in [0.2, 0.25) is 5.91 Å². The Bertz CT molecular complexity index is 872. The molecule has 0 N–H and O–H groups in total. The van der Waals surface area contributed by atoms with Crippen LogP contribution < -0.4 is 4.74 Å². The molecule has 2 aliphatic heterocycles. The third kappa shape index (κ3) is 6.08. The van der Waals surface area contributed by atoms with Crippen LogP contribution in [0.5, 0.6) is 5.75 Å². The third-order valence-electron chi connectivity index (χ3n) is 5.19. The van der Waals surface area contributed by atoms with Crippen molar-refractivity contribution >= 4 is 23.8 Å². The highest BCUT2D eigenvalue weighted by Crippen LogP contribution is 2.25. The van der Waals surface area contributed by atoms with E-state index in [2.05, 4.69) is 0 Å². The first kappa shape index (κ1) is 23.3. The summed E-state index contributed by atoms with van der Waals surface area (Å²) in [6.45, 7) is 6.66. The minimum Gasteiger partial charge on any atom is -0.444 e. The highest BCUT2D eigenvalue weighted by molar-refractivity contribution is 5.80. The molecule has 2 heterocycles. The molecule has 0 bridgehead atoms. The Hall–Kier alpha value is -3.37. The number of nitro groups is 1. The quantitative estimate of drug-likeness (QED) is 0.297. The minimum atomic E-state index is -0.974.